The van der Waals surface area contributed by atoms with Crippen LogP contribution in [-0.2, 0) is 11.3 Å². The summed E-state index contributed by atoms with van der Waals surface area (Å²) in [7, 11) is 0. The van der Waals surface area contributed by atoms with Crippen LogP contribution in [0.1, 0.15) is 5.56 Å². The van der Waals surface area contributed by atoms with E-state index in [0.29, 0.717) is 15.7 Å². The smallest absolute Gasteiger partial charge is 0.271 e. The predicted octanol–water partition coefficient (Wildman–Crippen LogP) is 3.63. The second-order valence-corrected chi connectivity index (χ2v) is 5.52. The molecule has 2 N–H and O–H groups in total. The van der Waals surface area contributed by atoms with E-state index in [1.54, 1.807) is 30.3 Å². The first-order valence-electron chi connectivity index (χ1n) is 6.64. The lowest BCUT2D eigenvalue weighted by atomic mass is 10.2. The van der Waals surface area contributed by atoms with Crippen molar-refractivity contribution in [1.82, 2.24) is 5.32 Å². The molecule has 0 spiro atoms. The summed E-state index contributed by atoms with van der Waals surface area (Å²) in [6.07, 6.45) is 0. The lowest BCUT2D eigenvalue weighted by Gasteiger charge is -2.09. The van der Waals surface area contributed by atoms with Gasteiger partial charge in [-0.05, 0) is 23.8 Å². The van der Waals surface area contributed by atoms with E-state index in [1.165, 1.54) is 12.1 Å². The normalized spacial score (nSPS) is 10.2. The van der Waals surface area contributed by atoms with Crippen LogP contribution in [0.3, 0.4) is 0 Å². The number of benzene rings is 2. The summed E-state index contributed by atoms with van der Waals surface area (Å²) in [5.41, 5.74) is 1.21. The van der Waals surface area contributed by atoms with Crippen molar-refractivity contribution in [1.29, 1.82) is 0 Å². The Balaban J connectivity index is 1.85. The number of hydrogen-bond donors (Lipinski definition) is 2. The molecule has 120 valence electrons. The van der Waals surface area contributed by atoms with Crippen LogP contribution in [0.5, 0.6) is 0 Å². The Kier molecular flexibility index (Phi) is 5.78. The van der Waals surface area contributed by atoms with Crippen LogP contribution >= 0.6 is 23.2 Å². The fourth-order valence-corrected chi connectivity index (χ4v) is 2.31. The van der Waals surface area contributed by atoms with E-state index in [1.807, 2.05) is 0 Å². The Bertz CT molecular complexity index is 738. The van der Waals surface area contributed by atoms with Crippen molar-refractivity contribution in [3.05, 3.63) is 68.2 Å². The lowest BCUT2D eigenvalue weighted by Crippen LogP contribution is -2.29. The molecular formula is C15H13Cl2N3O3. The standard InChI is InChI=1S/C15H13Cl2N3O3/c16-11-5-4-10(14(17)6-11)8-19-15(21)9-18-12-2-1-3-13(7-12)20(22)23/h1-7,18H,8-9H2,(H,19,21). The van der Waals surface area contributed by atoms with E-state index in [4.69, 9.17) is 23.2 Å². The topological polar surface area (TPSA) is 84.3 Å². The number of anilines is 1. The van der Waals surface area contributed by atoms with Gasteiger partial charge in [-0.2, -0.15) is 0 Å². The Labute approximate surface area is 142 Å². The first-order chi connectivity index (χ1) is 11.0. The van der Waals surface area contributed by atoms with Crippen LogP contribution in [-0.4, -0.2) is 17.4 Å². The molecule has 0 aliphatic heterocycles. The first kappa shape index (κ1) is 17.1. The molecular weight excluding hydrogens is 341 g/mol. The van der Waals surface area contributed by atoms with Gasteiger partial charge < -0.3 is 10.6 Å². The van der Waals surface area contributed by atoms with Gasteiger partial charge in [-0.3, -0.25) is 14.9 Å². The van der Waals surface area contributed by atoms with Gasteiger partial charge in [0, 0.05) is 34.4 Å². The average Bonchev–Trinajstić information content (AvgIpc) is 2.52. The fourth-order valence-electron chi connectivity index (χ4n) is 1.83. The van der Waals surface area contributed by atoms with Gasteiger partial charge in [0.1, 0.15) is 0 Å². The molecule has 0 saturated heterocycles. The second-order valence-electron chi connectivity index (χ2n) is 4.67. The number of hydrogen-bond acceptors (Lipinski definition) is 4. The van der Waals surface area contributed by atoms with Crippen molar-refractivity contribution < 1.29 is 9.72 Å². The van der Waals surface area contributed by atoms with Crippen LogP contribution in [0.4, 0.5) is 11.4 Å². The molecule has 0 radical (unpaired) electrons. The summed E-state index contributed by atoms with van der Waals surface area (Å²) in [5.74, 6) is -0.262. The highest BCUT2D eigenvalue weighted by atomic mass is 35.5. The number of nitrogens with zero attached hydrogens (tertiary/aromatic N) is 1. The predicted molar refractivity (Wildman–Crippen MR) is 89.9 cm³/mol. The highest BCUT2D eigenvalue weighted by Crippen LogP contribution is 2.20. The average molecular weight is 354 g/mol. The third kappa shape index (κ3) is 5.12. The highest BCUT2D eigenvalue weighted by molar-refractivity contribution is 6.35. The third-order valence-electron chi connectivity index (χ3n) is 3.00. The van der Waals surface area contributed by atoms with E-state index >= 15 is 0 Å². The number of halogens is 2. The van der Waals surface area contributed by atoms with Crippen LogP contribution in [0.2, 0.25) is 10.0 Å². The van der Waals surface area contributed by atoms with E-state index < -0.39 is 4.92 Å². The number of nitro benzene ring substituents is 1. The van der Waals surface area contributed by atoms with Crippen LogP contribution < -0.4 is 10.6 Å². The number of rotatable bonds is 6. The van der Waals surface area contributed by atoms with Gasteiger partial charge in [0.25, 0.3) is 5.69 Å². The molecule has 0 bridgehead atoms. The van der Waals surface area contributed by atoms with Gasteiger partial charge in [-0.25, -0.2) is 0 Å². The maximum atomic E-state index is 11.8. The first-order valence-corrected chi connectivity index (χ1v) is 7.40. The molecule has 0 aliphatic rings. The number of nitrogens with one attached hydrogen (secondary N) is 2. The minimum Gasteiger partial charge on any atom is -0.376 e. The third-order valence-corrected chi connectivity index (χ3v) is 3.59. The molecule has 23 heavy (non-hydrogen) atoms. The molecule has 0 unspecified atom stereocenters. The molecule has 1 amide bonds. The van der Waals surface area contributed by atoms with E-state index in [-0.39, 0.29) is 24.7 Å². The zero-order valence-corrected chi connectivity index (χ0v) is 13.4. The highest BCUT2D eigenvalue weighted by Gasteiger charge is 2.07. The zero-order valence-electron chi connectivity index (χ0n) is 11.9. The van der Waals surface area contributed by atoms with Crippen LogP contribution in [0, 0.1) is 10.1 Å². The van der Waals surface area contributed by atoms with E-state index in [0.717, 1.165) is 5.56 Å². The summed E-state index contributed by atoms with van der Waals surface area (Å²) in [6.45, 7) is 0.262. The minimum atomic E-state index is -0.492. The second kappa shape index (κ2) is 7.80. The molecule has 6 nitrogen and oxygen atoms in total. The van der Waals surface area contributed by atoms with Gasteiger partial charge in [0.2, 0.25) is 5.91 Å². The molecule has 0 atom stereocenters. The lowest BCUT2D eigenvalue weighted by molar-refractivity contribution is -0.384. The van der Waals surface area contributed by atoms with Crippen molar-refractivity contribution in [3.63, 3.8) is 0 Å². The van der Waals surface area contributed by atoms with Gasteiger partial charge in [0.15, 0.2) is 0 Å². The maximum absolute atomic E-state index is 11.8. The Morgan fingerprint density at radius 3 is 2.65 bits per heavy atom. The monoisotopic (exact) mass is 353 g/mol. The van der Waals surface area contributed by atoms with Gasteiger partial charge in [0.05, 0.1) is 11.5 Å². The number of nitro groups is 1. The Morgan fingerprint density at radius 2 is 1.96 bits per heavy atom. The summed E-state index contributed by atoms with van der Waals surface area (Å²) >= 11 is 11.8. The van der Waals surface area contributed by atoms with Gasteiger partial charge >= 0.3 is 0 Å². The van der Waals surface area contributed by atoms with Crippen molar-refractivity contribution in [3.8, 4) is 0 Å². The van der Waals surface area contributed by atoms with Crippen molar-refractivity contribution in [2.24, 2.45) is 0 Å². The largest absolute Gasteiger partial charge is 0.376 e. The minimum absolute atomic E-state index is 0.00756. The molecule has 0 aromatic heterocycles. The SMILES string of the molecule is O=C(CNc1cccc([N+](=O)[O-])c1)NCc1ccc(Cl)cc1Cl. The molecule has 0 saturated carbocycles. The Hall–Kier alpha value is -2.31. The van der Waals surface area contributed by atoms with Gasteiger partial charge in [-0.1, -0.05) is 35.3 Å². The molecule has 0 heterocycles. The number of non-ortho nitro benzene ring substituents is 1. The molecule has 2 aromatic carbocycles. The van der Waals surface area contributed by atoms with E-state index in [2.05, 4.69) is 10.6 Å². The summed E-state index contributed by atoms with van der Waals surface area (Å²) in [4.78, 5) is 22.0. The maximum Gasteiger partial charge on any atom is 0.271 e. The zero-order chi connectivity index (χ0) is 16.8. The molecule has 0 aliphatic carbocycles. The summed E-state index contributed by atoms with van der Waals surface area (Å²) < 4.78 is 0. The van der Waals surface area contributed by atoms with Crippen molar-refractivity contribution in [2.75, 3.05) is 11.9 Å². The van der Waals surface area contributed by atoms with E-state index in [9.17, 15) is 14.9 Å². The van der Waals surface area contributed by atoms with Crippen LogP contribution in [0.25, 0.3) is 0 Å². The van der Waals surface area contributed by atoms with Gasteiger partial charge in [-0.15, -0.1) is 0 Å². The fraction of sp³-hybridized carbons (Fsp3) is 0.133. The summed E-state index contributed by atoms with van der Waals surface area (Å²) in [5, 5.41) is 17.2. The molecule has 2 rings (SSSR count). The molecule has 8 heteroatoms. The van der Waals surface area contributed by atoms with Crippen LogP contribution in [0.15, 0.2) is 42.5 Å². The van der Waals surface area contributed by atoms with Crippen molar-refractivity contribution >= 4 is 40.5 Å². The van der Waals surface area contributed by atoms with Crippen molar-refractivity contribution in [2.45, 2.75) is 6.54 Å². The number of amides is 1. The number of carbonyl (C=O) groups is 1. The molecule has 0 fully saturated rings. The summed E-state index contributed by atoms with van der Waals surface area (Å²) in [6, 6.07) is 11.0. The quantitative estimate of drug-likeness (QED) is 0.613. The molecule has 2 aromatic rings. The Morgan fingerprint density at radius 1 is 1.17 bits per heavy atom. The number of carbonyl (C=O) groups excluding carboxylic acids is 1.